The maximum absolute atomic E-state index is 6.41. The van der Waals surface area contributed by atoms with E-state index in [0.29, 0.717) is 0 Å². The van der Waals surface area contributed by atoms with E-state index in [1.54, 1.807) is 0 Å². The molecule has 0 saturated heterocycles. The van der Waals surface area contributed by atoms with Crippen LogP contribution in [0, 0.1) is 0 Å². The molecular formula is C132H88N4O2. The summed E-state index contributed by atoms with van der Waals surface area (Å²) in [6.07, 6.45) is 0. The zero-order valence-corrected chi connectivity index (χ0v) is 75.4. The molecule has 0 spiro atoms. The van der Waals surface area contributed by atoms with Gasteiger partial charge in [-0.05, 0) is 246 Å². The van der Waals surface area contributed by atoms with Crippen LogP contribution >= 0.6 is 0 Å². The number of benzene rings is 22. The zero-order valence-electron chi connectivity index (χ0n) is 75.4. The molecule has 26 rings (SSSR count). The van der Waals surface area contributed by atoms with Crippen LogP contribution in [0.4, 0.5) is 34.1 Å². The first kappa shape index (κ1) is 81.6. The Morgan fingerprint density at radius 1 is 0.145 bits per heavy atom. The van der Waals surface area contributed by atoms with Gasteiger partial charge in [-0.2, -0.15) is 0 Å². The van der Waals surface area contributed by atoms with Crippen molar-refractivity contribution in [1.82, 2.24) is 9.13 Å². The number of hydrogen-bond donors (Lipinski definition) is 0. The Morgan fingerprint density at radius 2 is 0.384 bits per heavy atom. The molecule has 0 bridgehead atoms. The molecule has 4 heterocycles. The molecule has 0 aliphatic carbocycles. The molecule has 6 nitrogen and oxygen atoms in total. The van der Waals surface area contributed by atoms with Crippen molar-refractivity contribution >= 4 is 122 Å². The van der Waals surface area contributed by atoms with Crippen LogP contribution in [0.3, 0.4) is 0 Å². The molecule has 648 valence electrons. The lowest BCUT2D eigenvalue weighted by atomic mass is 9.96. The smallest absolute Gasteiger partial charge is 0.136 e. The fraction of sp³-hybridized carbons (Fsp3) is 0. The van der Waals surface area contributed by atoms with Crippen molar-refractivity contribution in [3.05, 3.63) is 534 Å². The number of anilines is 6. The molecule has 0 atom stereocenters. The average molecular weight is 1760 g/mol. The van der Waals surface area contributed by atoms with E-state index in [9.17, 15) is 0 Å². The maximum atomic E-state index is 6.41. The summed E-state index contributed by atoms with van der Waals surface area (Å²) >= 11 is 0. The van der Waals surface area contributed by atoms with Crippen molar-refractivity contribution < 1.29 is 8.83 Å². The molecule has 0 fully saturated rings. The van der Waals surface area contributed by atoms with Gasteiger partial charge in [-0.1, -0.05) is 388 Å². The van der Waals surface area contributed by atoms with Gasteiger partial charge in [-0.15, -0.1) is 0 Å². The second kappa shape index (κ2) is 35.3. The molecule has 0 amide bonds. The fourth-order valence-electron chi connectivity index (χ4n) is 20.7. The molecule has 0 saturated carbocycles. The third kappa shape index (κ3) is 15.1. The van der Waals surface area contributed by atoms with Gasteiger partial charge < -0.3 is 27.8 Å². The molecule has 0 aliphatic heterocycles. The highest BCUT2D eigenvalue weighted by Crippen LogP contribution is 2.50. The Labute approximate surface area is 800 Å². The minimum atomic E-state index is 0.876. The molecule has 6 heteroatoms. The topological polar surface area (TPSA) is 42.6 Å². The summed E-state index contributed by atoms with van der Waals surface area (Å²) in [5.41, 5.74) is 40.4. The Balaban J connectivity index is 0.000000146. The predicted molar refractivity (Wildman–Crippen MR) is 580 cm³/mol. The normalized spacial score (nSPS) is 11.5. The van der Waals surface area contributed by atoms with Gasteiger partial charge in [0.05, 0.1) is 33.4 Å². The second-order valence-electron chi connectivity index (χ2n) is 35.3. The second-order valence-corrected chi connectivity index (χ2v) is 35.3. The molecule has 0 aliphatic rings. The summed E-state index contributed by atoms with van der Waals surface area (Å²) in [5.74, 6) is 0. The van der Waals surface area contributed by atoms with Crippen LogP contribution in [0.2, 0.25) is 0 Å². The van der Waals surface area contributed by atoms with Crippen molar-refractivity contribution in [2.75, 3.05) is 9.80 Å². The van der Waals surface area contributed by atoms with Crippen LogP contribution in [0.1, 0.15) is 0 Å². The SMILES string of the molecule is c1ccc(-c2cccc(-c3ccc(N(c4ccc(-c5ccc(-c6cccc(-n7c8ccccc8c8ccccc87)c6)cc5)cc4)c4ccccc4-c4cccc5oc6ccccc6c45)cc3)c2)cc1.c1ccc(-c2cccc(-c3cccc(N(c4ccc(-c5ccc(-c6cccc(-n7c8ccccc8c8ccccc87)c6)cc5)cc4)c4ccccc4-c4cccc5oc6ccccc6c45)c3)c2)cc1. The van der Waals surface area contributed by atoms with Gasteiger partial charge in [0, 0.05) is 88.3 Å². The van der Waals surface area contributed by atoms with Crippen LogP contribution in [-0.2, 0) is 0 Å². The molecule has 0 unspecified atom stereocenters. The van der Waals surface area contributed by atoms with E-state index in [1.165, 1.54) is 99.2 Å². The summed E-state index contributed by atoms with van der Waals surface area (Å²) < 4.78 is 17.6. The van der Waals surface area contributed by atoms with E-state index in [4.69, 9.17) is 8.83 Å². The van der Waals surface area contributed by atoms with E-state index >= 15 is 0 Å². The monoisotopic (exact) mass is 1760 g/mol. The summed E-state index contributed by atoms with van der Waals surface area (Å²) in [4.78, 5) is 4.79. The first-order chi connectivity index (χ1) is 68.4. The number of aromatic nitrogens is 2. The molecule has 4 aromatic heterocycles. The summed E-state index contributed by atoms with van der Waals surface area (Å²) in [7, 11) is 0. The first-order valence-electron chi connectivity index (χ1n) is 47.1. The van der Waals surface area contributed by atoms with E-state index in [2.05, 4.69) is 541 Å². The Morgan fingerprint density at radius 3 is 0.761 bits per heavy atom. The van der Waals surface area contributed by atoms with E-state index in [-0.39, 0.29) is 0 Å². The molecule has 0 radical (unpaired) electrons. The number of rotatable bonds is 18. The van der Waals surface area contributed by atoms with E-state index < -0.39 is 0 Å². The largest absolute Gasteiger partial charge is 0.456 e. The van der Waals surface area contributed by atoms with Gasteiger partial charge in [0.1, 0.15) is 22.3 Å². The van der Waals surface area contributed by atoms with Crippen LogP contribution in [0.25, 0.3) is 210 Å². The molecular weight excluding hydrogens is 1670 g/mol. The summed E-state index contributed by atoms with van der Waals surface area (Å²) in [5, 5.41) is 9.51. The van der Waals surface area contributed by atoms with Crippen molar-refractivity contribution in [3.63, 3.8) is 0 Å². The van der Waals surface area contributed by atoms with Crippen LogP contribution in [0.5, 0.6) is 0 Å². The van der Waals surface area contributed by atoms with Crippen LogP contribution < -0.4 is 9.80 Å². The minimum absolute atomic E-state index is 0.876. The lowest BCUT2D eigenvalue weighted by Gasteiger charge is -2.28. The fourth-order valence-corrected chi connectivity index (χ4v) is 20.7. The molecule has 26 aromatic rings. The lowest BCUT2D eigenvalue weighted by molar-refractivity contribution is 0.668. The van der Waals surface area contributed by atoms with Crippen molar-refractivity contribution in [1.29, 1.82) is 0 Å². The number of hydrogen-bond acceptors (Lipinski definition) is 4. The average Bonchev–Trinajstić information content (AvgIpc) is 1.58. The van der Waals surface area contributed by atoms with E-state index in [0.717, 1.165) is 145 Å². The number of fused-ring (bicyclic) bond motifs is 12. The van der Waals surface area contributed by atoms with Gasteiger partial charge in [-0.25, -0.2) is 0 Å². The first-order valence-corrected chi connectivity index (χ1v) is 47.1. The number of para-hydroxylation sites is 8. The standard InChI is InChI=1S/2C66H44N2O/c1-2-16-45(17-3-1)49-18-12-19-50(42-49)52-21-14-22-54(44-52)67(61-29-8-6-26-58(61)59-28-15-33-65-66(59)60-27-7-11-32-64(60)69-65)53-40-38-47(39-41-53)46-34-36-48(37-35-46)51-20-13-23-55(43-51)68-62-30-9-4-24-56(62)57-25-5-10-31-63(57)68;1-2-15-45(16-3-1)50-17-12-18-51(43-50)49-37-41-54(42-38-49)67(61-26-8-6-23-58(61)59-25-14-30-65-66(59)60-24-7-11-29-64(60)69-65)53-39-35-47(36-40-53)46-31-33-48(34-32-46)52-19-13-20-55(44-52)68-62-27-9-4-21-56(62)57-22-5-10-28-63(57)68/h2*1-44H. The Hall–Kier alpha value is -18.4. The highest BCUT2D eigenvalue weighted by molar-refractivity contribution is 6.16. The quantitative estimate of drug-likeness (QED) is 0.0859. The van der Waals surface area contributed by atoms with Crippen molar-refractivity contribution in [2.24, 2.45) is 0 Å². The molecule has 22 aromatic carbocycles. The predicted octanol–water partition coefficient (Wildman–Crippen LogP) is 37.0. The lowest BCUT2D eigenvalue weighted by Crippen LogP contribution is -2.11. The third-order valence-electron chi connectivity index (χ3n) is 27.2. The van der Waals surface area contributed by atoms with E-state index in [1.807, 2.05) is 12.1 Å². The maximum Gasteiger partial charge on any atom is 0.136 e. The Bertz CT molecular complexity index is 8950. The Kier molecular flexibility index (Phi) is 20.9. The molecule has 0 N–H and O–H groups in total. The number of furan rings is 2. The highest BCUT2D eigenvalue weighted by atomic mass is 16.3. The van der Waals surface area contributed by atoms with Crippen LogP contribution in [0.15, 0.2) is 543 Å². The summed E-state index contributed by atoms with van der Waals surface area (Å²) in [6.45, 7) is 0. The third-order valence-corrected chi connectivity index (χ3v) is 27.2. The number of nitrogens with zero attached hydrogens (tertiary/aromatic N) is 4. The van der Waals surface area contributed by atoms with Crippen LogP contribution in [-0.4, -0.2) is 9.13 Å². The summed E-state index contributed by atoms with van der Waals surface area (Å²) in [6, 6.07) is 192. The van der Waals surface area contributed by atoms with Crippen molar-refractivity contribution in [2.45, 2.75) is 0 Å². The minimum Gasteiger partial charge on any atom is -0.456 e. The van der Waals surface area contributed by atoms with Gasteiger partial charge in [0.25, 0.3) is 0 Å². The molecule has 138 heavy (non-hydrogen) atoms. The van der Waals surface area contributed by atoms with Gasteiger partial charge >= 0.3 is 0 Å². The van der Waals surface area contributed by atoms with Gasteiger partial charge in [-0.3, -0.25) is 0 Å². The van der Waals surface area contributed by atoms with Gasteiger partial charge in [0.2, 0.25) is 0 Å². The highest BCUT2D eigenvalue weighted by Gasteiger charge is 2.26. The van der Waals surface area contributed by atoms with Crippen molar-refractivity contribution in [3.8, 4) is 123 Å². The van der Waals surface area contributed by atoms with Gasteiger partial charge in [0.15, 0.2) is 0 Å². The zero-order chi connectivity index (χ0) is 91.4.